The van der Waals surface area contributed by atoms with E-state index >= 15 is 0 Å². The van der Waals surface area contributed by atoms with Crippen LogP contribution in [0.25, 0.3) is 0 Å². The van der Waals surface area contributed by atoms with Crippen molar-refractivity contribution in [2.24, 2.45) is 0 Å². The fraction of sp³-hybridized carbons (Fsp3) is 0.900. The summed E-state index contributed by atoms with van der Waals surface area (Å²) in [6, 6.07) is 0. The Bertz CT molecular complexity index is 204. The summed E-state index contributed by atoms with van der Waals surface area (Å²) in [4.78, 5) is 10.4. The summed E-state index contributed by atoms with van der Waals surface area (Å²) in [6.45, 7) is 2.12. The van der Waals surface area contributed by atoms with Crippen LogP contribution < -0.4 is 0 Å². The Morgan fingerprint density at radius 3 is 2.25 bits per heavy atom. The minimum absolute atomic E-state index is 0.437. The fourth-order valence-corrected chi connectivity index (χ4v) is 1.81. The maximum absolute atomic E-state index is 10.4. The highest BCUT2D eigenvalue weighted by Crippen LogP contribution is 2.35. The van der Waals surface area contributed by atoms with Crippen molar-refractivity contribution in [3.8, 4) is 0 Å². The Morgan fingerprint density at radius 2 is 1.81 bits per heavy atom. The number of unbranched alkanes of at least 4 members (excludes halogenated alkanes) is 4. The highest BCUT2D eigenvalue weighted by Gasteiger charge is 2.35. The molecule has 0 aromatic rings. The molecule has 0 saturated heterocycles. The first kappa shape index (κ1) is 16.1. The first-order valence-electron chi connectivity index (χ1n) is 5.34. The van der Waals surface area contributed by atoms with E-state index in [1.54, 1.807) is 0 Å². The zero-order chi connectivity index (χ0) is 12.6. The molecule has 0 aliphatic heterocycles. The Kier molecular flexibility index (Phi) is 8.34. The minimum atomic E-state index is -1.69. The Morgan fingerprint density at radius 1 is 1.25 bits per heavy atom. The topological polar surface area (TPSA) is 46.5 Å². The van der Waals surface area contributed by atoms with Crippen LogP contribution in [0.4, 0.5) is 4.79 Å². The van der Waals surface area contributed by atoms with Crippen molar-refractivity contribution >= 4 is 41.0 Å². The molecule has 0 saturated carbocycles. The molecule has 0 amide bonds. The van der Waals surface area contributed by atoms with Gasteiger partial charge in [-0.05, 0) is 12.8 Å². The van der Waals surface area contributed by atoms with Crippen molar-refractivity contribution in [2.45, 2.75) is 55.3 Å². The second-order valence-corrected chi connectivity index (χ2v) is 5.99. The number of hydrogen-bond donors (Lipinski definition) is 1. The molecular formula is C10H17Cl3O3. The van der Waals surface area contributed by atoms with Crippen molar-refractivity contribution in [3.63, 3.8) is 0 Å². The lowest BCUT2D eigenvalue weighted by Gasteiger charge is -2.22. The number of halogens is 3. The van der Waals surface area contributed by atoms with Crippen LogP contribution in [-0.2, 0) is 4.74 Å². The lowest BCUT2D eigenvalue weighted by atomic mass is 10.1. The van der Waals surface area contributed by atoms with Crippen LogP contribution in [0, 0.1) is 0 Å². The molecule has 6 heteroatoms. The summed E-state index contributed by atoms with van der Waals surface area (Å²) in [5, 5.41) is 8.49. The molecule has 0 heterocycles. The van der Waals surface area contributed by atoms with Gasteiger partial charge in [-0.25, -0.2) is 4.79 Å². The van der Waals surface area contributed by atoms with Gasteiger partial charge in [-0.15, -0.1) is 0 Å². The van der Waals surface area contributed by atoms with Gasteiger partial charge < -0.3 is 9.84 Å². The van der Waals surface area contributed by atoms with E-state index in [2.05, 4.69) is 11.7 Å². The van der Waals surface area contributed by atoms with E-state index in [0.717, 1.165) is 32.1 Å². The van der Waals surface area contributed by atoms with Crippen LogP contribution in [0.3, 0.4) is 0 Å². The van der Waals surface area contributed by atoms with E-state index in [-0.39, 0.29) is 0 Å². The SMILES string of the molecule is CCCCCCCC(OC(=O)O)C(Cl)(Cl)Cl. The number of alkyl halides is 3. The quantitative estimate of drug-likeness (QED) is 0.417. The third kappa shape index (κ3) is 8.31. The van der Waals surface area contributed by atoms with Gasteiger partial charge in [0.25, 0.3) is 0 Å². The Labute approximate surface area is 111 Å². The standard InChI is InChI=1S/C10H17Cl3O3/c1-2-3-4-5-6-7-8(10(11,12)13)16-9(14)15/h8H,2-7H2,1H3,(H,14,15). The highest BCUT2D eigenvalue weighted by molar-refractivity contribution is 6.68. The van der Waals surface area contributed by atoms with E-state index in [9.17, 15) is 4.79 Å². The average molecular weight is 292 g/mol. The van der Waals surface area contributed by atoms with Crippen LogP contribution in [0.5, 0.6) is 0 Å². The van der Waals surface area contributed by atoms with E-state index in [4.69, 9.17) is 39.9 Å². The third-order valence-electron chi connectivity index (χ3n) is 2.18. The molecule has 1 unspecified atom stereocenters. The molecule has 1 atom stereocenters. The lowest BCUT2D eigenvalue weighted by molar-refractivity contribution is 0.0485. The van der Waals surface area contributed by atoms with E-state index in [0.29, 0.717) is 6.42 Å². The minimum Gasteiger partial charge on any atom is -0.450 e. The number of rotatable bonds is 7. The van der Waals surface area contributed by atoms with Crippen LogP contribution in [0.2, 0.25) is 0 Å². The normalized spacial score (nSPS) is 13.5. The van der Waals surface area contributed by atoms with Crippen molar-refractivity contribution in [1.82, 2.24) is 0 Å². The van der Waals surface area contributed by atoms with Crippen LogP contribution in [0.1, 0.15) is 45.4 Å². The molecule has 0 fully saturated rings. The predicted octanol–water partition coefficient (Wildman–Crippen LogP) is 4.78. The average Bonchev–Trinajstić information content (AvgIpc) is 2.13. The summed E-state index contributed by atoms with van der Waals surface area (Å²) in [6.07, 6.45) is 3.35. The van der Waals surface area contributed by atoms with Crippen molar-refractivity contribution in [2.75, 3.05) is 0 Å². The molecule has 96 valence electrons. The number of hydrogen-bond acceptors (Lipinski definition) is 2. The third-order valence-corrected chi connectivity index (χ3v) is 2.91. The summed E-state index contributed by atoms with van der Waals surface area (Å²) in [5.74, 6) is 0. The zero-order valence-electron chi connectivity index (χ0n) is 9.22. The second-order valence-electron chi connectivity index (χ2n) is 3.62. The summed E-state index contributed by atoms with van der Waals surface area (Å²) < 4.78 is 2.85. The molecule has 0 spiro atoms. The molecule has 0 bridgehead atoms. The highest BCUT2D eigenvalue weighted by atomic mass is 35.6. The van der Waals surface area contributed by atoms with Gasteiger partial charge in [-0.1, -0.05) is 67.4 Å². The van der Waals surface area contributed by atoms with Crippen molar-refractivity contribution in [3.05, 3.63) is 0 Å². The molecule has 0 rings (SSSR count). The van der Waals surface area contributed by atoms with Gasteiger partial charge in [0.15, 0.2) is 6.10 Å². The lowest BCUT2D eigenvalue weighted by Crippen LogP contribution is -2.30. The van der Waals surface area contributed by atoms with Gasteiger partial charge in [-0.3, -0.25) is 0 Å². The Balaban J connectivity index is 3.89. The largest absolute Gasteiger partial charge is 0.506 e. The van der Waals surface area contributed by atoms with E-state index in [1.165, 1.54) is 0 Å². The predicted molar refractivity (Wildman–Crippen MR) is 66.6 cm³/mol. The number of ether oxygens (including phenoxy) is 1. The molecular weight excluding hydrogens is 274 g/mol. The maximum Gasteiger partial charge on any atom is 0.506 e. The van der Waals surface area contributed by atoms with Crippen molar-refractivity contribution < 1.29 is 14.6 Å². The summed E-state index contributed by atoms with van der Waals surface area (Å²) in [5.41, 5.74) is 0. The fourth-order valence-electron chi connectivity index (χ4n) is 1.34. The molecule has 0 aliphatic carbocycles. The second kappa shape index (κ2) is 8.26. The molecule has 0 aliphatic rings. The van der Waals surface area contributed by atoms with Gasteiger partial charge in [-0.2, -0.15) is 0 Å². The first-order valence-corrected chi connectivity index (χ1v) is 6.47. The van der Waals surface area contributed by atoms with Gasteiger partial charge >= 0.3 is 6.16 Å². The molecule has 0 radical (unpaired) electrons. The van der Waals surface area contributed by atoms with Crippen LogP contribution >= 0.6 is 34.8 Å². The van der Waals surface area contributed by atoms with Gasteiger partial charge in [0.05, 0.1) is 0 Å². The molecule has 3 nitrogen and oxygen atoms in total. The van der Waals surface area contributed by atoms with Gasteiger partial charge in [0, 0.05) is 0 Å². The monoisotopic (exact) mass is 290 g/mol. The van der Waals surface area contributed by atoms with Gasteiger partial charge in [0.1, 0.15) is 0 Å². The molecule has 0 aromatic heterocycles. The Hall–Kier alpha value is 0.140. The smallest absolute Gasteiger partial charge is 0.450 e. The summed E-state index contributed by atoms with van der Waals surface area (Å²) >= 11 is 16.9. The van der Waals surface area contributed by atoms with Crippen molar-refractivity contribution in [1.29, 1.82) is 0 Å². The van der Waals surface area contributed by atoms with E-state index < -0.39 is 16.1 Å². The van der Waals surface area contributed by atoms with E-state index in [1.807, 2.05) is 0 Å². The molecule has 16 heavy (non-hydrogen) atoms. The molecule has 0 aromatic carbocycles. The number of carbonyl (C=O) groups is 1. The summed E-state index contributed by atoms with van der Waals surface area (Å²) in [7, 11) is 0. The molecule has 1 N–H and O–H groups in total. The maximum atomic E-state index is 10.4. The van der Waals surface area contributed by atoms with Crippen LogP contribution in [0.15, 0.2) is 0 Å². The first-order chi connectivity index (χ1) is 7.38. The number of carboxylic acid groups (broad SMARTS) is 1. The van der Waals surface area contributed by atoms with Crippen LogP contribution in [-0.4, -0.2) is 21.2 Å². The zero-order valence-corrected chi connectivity index (χ0v) is 11.5. The van der Waals surface area contributed by atoms with Gasteiger partial charge in [0.2, 0.25) is 3.79 Å².